The average Bonchev–Trinajstić information content (AvgIpc) is 2.57. The van der Waals surface area contributed by atoms with E-state index in [1.807, 2.05) is 31.2 Å². The number of carbonyl (C=O) groups is 2. The molecule has 3 N–H and O–H groups in total. The number of aliphatic carboxylic acids is 2. The number of alkyl halides is 3. The van der Waals surface area contributed by atoms with Crippen LogP contribution in [0.15, 0.2) is 48.5 Å². The fourth-order valence-corrected chi connectivity index (χ4v) is 1.87. The summed E-state index contributed by atoms with van der Waals surface area (Å²) in [7, 11) is 0. The third kappa shape index (κ3) is 7.80. The van der Waals surface area contributed by atoms with Gasteiger partial charge in [-0.1, -0.05) is 42.0 Å². The summed E-state index contributed by atoms with van der Waals surface area (Å²) >= 11 is 0. The fraction of sp³-hybridized carbons (Fsp3) is 0.222. The summed E-state index contributed by atoms with van der Waals surface area (Å²) in [4.78, 5) is 18.2. The van der Waals surface area contributed by atoms with Gasteiger partial charge >= 0.3 is 18.1 Å². The monoisotopic (exact) mass is 369 g/mol. The fourth-order valence-electron chi connectivity index (χ4n) is 1.87. The molecule has 2 aromatic carbocycles. The van der Waals surface area contributed by atoms with Crippen LogP contribution in [0.2, 0.25) is 0 Å². The zero-order chi connectivity index (χ0) is 19.7. The molecule has 0 unspecified atom stereocenters. The molecule has 140 valence electrons. The lowest BCUT2D eigenvalue weighted by atomic mass is 10.1. The molecular formula is C18H18F3NO4. The average molecular weight is 369 g/mol. The number of hydrogen-bond donors (Lipinski definition) is 3. The highest BCUT2D eigenvalue weighted by Gasteiger charge is 2.29. The van der Waals surface area contributed by atoms with Gasteiger partial charge in [-0.2, -0.15) is 13.2 Å². The van der Waals surface area contributed by atoms with E-state index in [4.69, 9.17) is 19.8 Å². The van der Waals surface area contributed by atoms with Gasteiger partial charge in [0.1, 0.15) is 0 Å². The van der Waals surface area contributed by atoms with Crippen LogP contribution in [0.5, 0.6) is 0 Å². The highest BCUT2D eigenvalue weighted by Crippen LogP contribution is 2.29. The Morgan fingerprint density at radius 2 is 1.23 bits per heavy atom. The number of nitrogens with one attached hydrogen (secondary N) is 1. The number of carboxylic acids is 2. The quantitative estimate of drug-likeness (QED) is 0.719. The summed E-state index contributed by atoms with van der Waals surface area (Å²) in [6, 6.07) is 13.4. The van der Waals surface area contributed by atoms with E-state index in [1.54, 1.807) is 0 Å². The first-order valence-electron chi connectivity index (χ1n) is 7.48. The van der Waals surface area contributed by atoms with Crippen molar-refractivity contribution >= 4 is 11.9 Å². The van der Waals surface area contributed by atoms with Crippen molar-refractivity contribution in [1.29, 1.82) is 0 Å². The molecule has 0 aromatic heterocycles. The van der Waals surface area contributed by atoms with Crippen molar-refractivity contribution in [3.05, 3.63) is 70.8 Å². The maximum Gasteiger partial charge on any atom is 0.416 e. The van der Waals surface area contributed by atoms with Crippen molar-refractivity contribution in [3.8, 4) is 0 Å². The van der Waals surface area contributed by atoms with Gasteiger partial charge in [0.2, 0.25) is 0 Å². The Kier molecular flexibility index (Phi) is 7.79. The number of benzene rings is 2. The van der Waals surface area contributed by atoms with E-state index >= 15 is 0 Å². The predicted molar refractivity (Wildman–Crippen MR) is 88.4 cm³/mol. The summed E-state index contributed by atoms with van der Waals surface area (Å²) in [6.07, 6.45) is -4.27. The van der Waals surface area contributed by atoms with E-state index in [9.17, 15) is 13.2 Å². The van der Waals surface area contributed by atoms with Gasteiger partial charge in [0.25, 0.3) is 0 Å². The van der Waals surface area contributed by atoms with E-state index in [0.717, 1.165) is 23.3 Å². The molecule has 0 spiro atoms. The Morgan fingerprint density at radius 3 is 1.58 bits per heavy atom. The van der Waals surface area contributed by atoms with Crippen LogP contribution in [0.3, 0.4) is 0 Å². The minimum atomic E-state index is -4.27. The van der Waals surface area contributed by atoms with Gasteiger partial charge in [0.05, 0.1) is 5.56 Å². The standard InChI is InChI=1S/C16H16F3N.C2H2O4/c1-12-2-4-13(5-3-12)10-20-11-14-6-8-15(9-7-14)16(17,18)19;3-1(4)2(5)6/h2-9,20H,10-11H2,1H3;(H,3,4)(H,5,6). The normalized spacial score (nSPS) is 10.6. The van der Waals surface area contributed by atoms with Crippen LogP contribution in [0.1, 0.15) is 22.3 Å². The highest BCUT2D eigenvalue weighted by atomic mass is 19.4. The lowest BCUT2D eigenvalue weighted by Gasteiger charge is -2.08. The zero-order valence-electron chi connectivity index (χ0n) is 13.9. The molecule has 0 atom stereocenters. The Balaban J connectivity index is 0.000000487. The summed E-state index contributed by atoms with van der Waals surface area (Å²) in [5.41, 5.74) is 2.59. The Morgan fingerprint density at radius 1 is 0.846 bits per heavy atom. The van der Waals surface area contributed by atoms with Gasteiger partial charge in [0.15, 0.2) is 0 Å². The smallest absolute Gasteiger partial charge is 0.416 e. The first-order chi connectivity index (χ1) is 12.1. The second-order valence-corrected chi connectivity index (χ2v) is 5.39. The van der Waals surface area contributed by atoms with Crippen LogP contribution < -0.4 is 5.32 Å². The van der Waals surface area contributed by atoms with E-state index < -0.39 is 23.7 Å². The SMILES string of the molecule is Cc1ccc(CNCc2ccc(C(F)(F)F)cc2)cc1.O=C(O)C(=O)O. The molecule has 0 amide bonds. The summed E-state index contributed by atoms with van der Waals surface area (Å²) in [5.74, 6) is -3.65. The lowest BCUT2D eigenvalue weighted by molar-refractivity contribution is -0.159. The topological polar surface area (TPSA) is 86.6 Å². The molecule has 0 bridgehead atoms. The van der Waals surface area contributed by atoms with Crippen LogP contribution in [0.4, 0.5) is 13.2 Å². The van der Waals surface area contributed by atoms with Gasteiger partial charge in [-0.25, -0.2) is 9.59 Å². The molecule has 0 saturated heterocycles. The number of aryl methyl sites for hydroxylation is 1. The van der Waals surface area contributed by atoms with Crippen LogP contribution >= 0.6 is 0 Å². The van der Waals surface area contributed by atoms with E-state index in [0.29, 0.717) is 13.1 Å². The van der Waals surface area contributed by atoms with E-state index in [2.05, 4.69) is 5.32 Å². The van der Waals surface area contributed by atoms with Gasteiger partial charge in [-0.15, -0.1) is 0 Å². The van der Waals surface area contributed by atoms with Crippen molar-refractivity contribution in [3.63, 3.8) is 0 Å². The summed E-state index contributed by atoms with van der Waals surface area (Å²) < 4.78 is 37.2. The largest absolute Gasteiger partial charge is 0.473 e. The molecule has 0 aliphatic rings. The van der Waals surface area contributed by atoms with Crippen molar-refractivity contribution in [2.75, 3.05) is 0 Å². The molecule has 5 nitrogen and oxygen atoms in total. The van der Waals surface area contributed by atoms with Gasteiger partial charge in [0, 0.05) is 13.1 Å². The van der Waals surface area contributed by atoms with Crippen LogP contribution in [-0.4, -0.2) is 22.2 Å². The molecule has 2 rings (SSSR count). The predicted octanol–water partition coefficient (Wildman–Crippen LogP) is 3.46. The van der Waals surface area contributed by atoms with Crippen LogP contribution in [0.25, 0.3) is 0 Å². The van der Waals surface area contributed by atoms with Gasteiger partial charge in [-0.05, 0) is 30.2 Å². The highest BCUT2D eigenvalue weighted by molar-refractivity contribution is 6.27. The number of halogens is 3. The van der Waals surface area contributed by atoms with Crippen molar-refractivity contribution in [1.82, 2.24) is 5.32 Å². The van der Waals surface area contributed by atoms with Crippen molar-refractivity contribution in [2.24, 2.45) is 0 Å². The van der Waals surface area contributed by atoms with E-state index in [1.165, 1.54) is 17.7 Å². The van der Waals surface area contributed by atoms with E-state index in [-0.39, 0.29) is 0 Å². The van der Waals surface area contributed by atoms with Crippen LogP contribution in [-0.2, 0) is 28.9 Å². The second-order valence-electron chi connectivity index (χ2n) is 5.39. The molecule has 0 heterocycles. The molecule has 8 heteroatoms. The maximum atomic E-state index is 12.4. The second kappa shape index (κ2) is 9.57. The first kappa shape index (κ1) is 21.2. The Hall–Kier alpha value is -2.87. The van der Waals surface area contributed by atoms with Crippen LogP contribution in [0, 0.1) is 6.92 Å². The molecule has 0 fully saturated rings. The Bertz CT molecular complexity index is 714. The third-order valence-electron chi connectivity index (χ3n) is 3.24. The summed E-state index contributed by atoms with van der Waals surface area (Å²) in [6.45, 7) is 3.27. The van der Waals surface area contributed by atoms with Gasteiger partial charge < -0.3 is 15.5 Å². The number of hydrogen-bond acceptors (Lipinski definition) is 3. The van der Waals surface area contributed by atoms with Crippen molar-refractivity contribution < 1.29 is 33.0 Å². The molecule has 2 aromatic rings. The first-order valence-corrected chi connectivity index (χ1v) is 7.48. The Labute approximate surface area is 148 Å². The molecule has 0 saturated carbocycles. The molecule has 0 aliphatic carbocycles. The van der Waals surface area contributed by atoms with Crippen molar-refractivity contribution in [2.45, 2.75) is 26.2 Å². The number of carboxylic acid groups (broad SMARTS) is 2. The third-order valence-corrected chi connectivity index (χ3v) is 3.24. The minimum absolute atomic E-state index is 0.548. The van der Waals surface area contributed by atoms with Gasteiger partial charge in [-0.3, -0.25) is 0 Å². The molecule has 0 radical (unpaired) electrons. The molecule has 26 heavy (non-hydrogen) atoms. The lowest BCUT2D eigenvalue weighted by Crippen LogP contribution is -2.13. The molecule has 0 aliphatic heterocycles. The molecular weight excluding hydrogens is 351 g/mol. The number of rotatable bonds is 4. The minimum Gasteiger partial charge on any atom is -0.473 e. The summed E-state index contributed by atoms with van der Waals surface area (Å²) in [5, 5.41) is 18.0. The maximum absolute atomic E-state index is 12.4. The zero-order valence-corrected chi connectivity index (χ0v) is 13.9.